The highest BCUT2D eigenvalue weighted by molar-refractivity contribution is 5.89. The molecule has 0 unspecified atom stereocenters. The van der Waals surface area contributed by atoms with Gasteiger partial charge in [0.25, 0.3) is 12.3 Å². The molecule has 5 nitrogen and oxygen atoms in total. The Morgan fingerprint density at radius 2 is 2.24 bits per heavy atom. The molecule has 0 spiro atoms. The highest BCUT2D eigenvalue weighted by atomic mass is 19.3. The van der Waals surface area contributed by atoms with E-state index in [-0.39, 0.29) is 12.5 Å². The Morgan fingerprint density at radius 1 is 1.59 bits per heavy atom. The van der Waals surface area contributed by atoms with Crippen LogP contribution in [0.3, 0.4) is 0 Å². The van der Waals surface area contributed by atoms with E-state index < -0.39 is 29.4 Å². The normalized spacial score (nSPS) is 10.4. The van der Waals surface area contributed by atoms with E-state index in [1.807, 2.05) is 0 Å². The summed E-state index contributed by atoms with van der Waals surface area (Å²) in [6.07, 6.45) is -2.95. The Morgan fingerprint density at radius 3 is 2.71 bits per heavy atom. The molecule has 1 aromatic rings. The van der Waals surface area contributed by atoms with E-state index >= 15 is 0 Å². The molecule has 0 aromatic carbocycles. The first-order chi connectivity index (χ1) is 8.01. The number of esters is 1. The van der Waals surface area contributed by atoms with Crippen molar-refractivity contribution in [2.75, 3.05) is 13.7 Å². The van der Waals surface area contributed by atoms with E-state index in [0.717, 1.165) is 6.07 Å². The van der Waals surface area contributed by atoms with E-state index in [1.165, 1.54) is 14.0 Å². The summed E-state index contributed by atoms with van der Waals surface area (Å²) in [5.41, 5.74) is -1.25. The monoisotopic (exact) mass is 247 g/mol. The average molecular weight is 247 g/mol. The van der Waals surface area contributed by atoms with Crippen molar-refractivity contribution in [1.82, 2.24) is 4.98 Å². The summed E-state index contributed by atoms with van der Waals surface area (Å²) >= 11 is 0. The number of aromatic nitrogens is 1. The zero-order valence-corrected chi connectivity index (χ0v) is 9.24. The third-order valence-corrected chi connectivity index (χ3v) is 1.90. The number of pyridine rings is 1. The zero-order chi connectivity index (χ0) is 13.0. The van der Waals surface area contributed by atoms with Crippen LogP contribution in [0.1, 0.15) is 29.4 Å². The van der Waals surface area contributed by atoms with Crippen LogP contribution < -0.4 is 4.74 Å². The maximum absolute atomic E-state index is 12.6. The van der Waals surface area contributed by atoms with Crippen LogP contribution in [0.25, 0.3) is 0 Å². The number of rotatable bonds is 4. The highest BCUT2D eigenvalue weighted by Gasteiger charge is 2.24. The molecule has 1 aromatic heterocycles. The summed E-state index contributed by atoms with van der Waals surface area (Å²) in [4.78, 5) is 14.9. The van der Waals surface area contributed by atoms with Gasteiger partial charge in [-0.3, -0.25) is 0 Å². The van der Waals surface area contributed by atoms with Gasteiger partial charge in [0.15, 0.2) is 11.4 Å². The van der Waals surface area contributed by atoms with Crippen LogP contribution in [0.5, 0.6) is 11.6 Å². The molecule has 1 heterocycles. The van der Waals surface area contributed by atoms with Gasteiger partial charge < -0.3 is 14.6 Å². The van der Waals surface area contributed by atoms with Gasteiger partial charge >= 0.3 is 5.97 Å². The number of alkyl halides is 2. The van der Waals surface area contributed by atoms with Crippen molar-refractivity contribution >= 4 is 5.97 Å². The van der Waals surface area contributed by atoms with Crippen molar-refractivity contribution in [3.63, 3.8) is 0 Å². The van der Waals surface area contributed by atoms with Gasteiger partial charge in [0, 0.05) is 0 Å². The number of nitrogens with zero attached hydrogens (tertiary/aromatic N) is 1. The third kappa shape index (κ3) is 2.80. The molecule has 0 aliphatic rings. The van der Waals surface area contributed by atoms with Crippen LogP contribution in [-0.2, 0) is 4.74 Å². The van der Waals surface area contributed by atoms with Crippen molar-refractivity contribution in [3.05, 3.63) is 17.3 Å². The molecule has 7 heteroatoms. The molecule has 0 amide bonds. The third-order valence-electron chi connectivity index (χ3n) is 1.90. The molecule has 0 aliphatic heterocycles. The Bertz CT molecular complexity index is 423. The van der Waals surface area contributed by atoms with Crippen LogP contribution in [0.2, 0.25) is 0 Å². The largest absolute Gasteiger partial charge is 0.503 e. The van der Waals surface area contributed by atoms with Crippen LogP contribution in [0.4, 0.5) is 8.78 Å². The number of methoxy groups -OCH3 is 1. The molecule has 0 radical (unpaired) electrons. The van der Waals surface area contributed by atoms with Gasteiger partial charge in [-0.1, -0.05) is 0 Å². The average Bonchev–Trinajstić information content (AvgIpc) is 2.28. The fraction of sp³-hybridized carbons (Fsp3) is 0.400. The Balaban J connectivity index is 3.28. The summed E-state index contributed by atoms with van der Waals surface area (Å²) in [6, 6.07) is 0.739. The lowest BCUT2D eigenvalue weighted by Gasteiger charge is -2.10. The number of halogens is 2. The summed E-state index contributed by atoms with van der Waals surface area (Å²) in [5.74, 6) is -1.85. The molecular formula is C10H11F2NO4. The first kappa shape index (κ1) is 13.1. The molecule has 94 valence electrons. The zero-order valence-electron chi connectivity index (χ0n) is 9.24. The fourth-order valence-electron chi connectivity index (χ4n) is 1.18. The molecule has 0 bridgehead atoms. The summed E-state index contributed by atoms with van der Waals surface area (Å²) in [6.45, 7) is 1.57. The lowest BCUT2D eigenvalue weighted by atomic mass is 10.2. The SMILES string of the molecule is CCOC(=O)c1nc(OC)c(O)cc1C(F)F. The number of hydrogen-bond acceptors (Lipinski definition) is 5. The van der Waals surface area contributed by atoms with Gasteiger partial charge in [0.2, 0.25) is 0 Å². The van der Waals surface area contributed by atoms with Crippen LogP contribution in [0, 0.1) is 0 Å². The molecule has 17 heavy (non-hydrogen) atoms. The van der Waals surface area contributed by atoms with E-state index in [0.29, 0.717) is 0 Å². The fourth-order valence-corrected chi connectivity index (χ4v) is 1.18. The van der Waals surface area contributed by atoms with Crippen molar-refractivity contribution in [3.8, 4) is 11.6 Å². The highest BCUT2D eigenvalue weighted by Crippen LogP contribution is 2.31. The first-order valence-electron chi connectivity index (χ1n) is 4.74. The quantitative estimate of drug-likeness (QED) is 0.823. The Labute approximate surface area is 96.0 Å². The first-order valence-corrected chi connectivity index (χ1v) is 4.74. The number of ether oxygens (including phenoxy) is 2. The van der Waals surface area contributed by atoms with Crippen molar-refractivity contribution in [1.29, 1.82) is 0 Å². The smallest absolute Gasteiger partial charge is 0.357 e. The minimum atomic E-state index is -2.95. The van der Waals surface area contributed by atoms with Gasteiger partial charge in [0.05, 0.1) is 19.3 Å². The molecular weight excluding hydrogens is 236 g/mol. The minimum Gasteiger partial charge on any atom is -0.503 e. The number of carbonyl (C=O) groups excluding carboxylic acids is 1. The van der Waals surface area contributed by atoms with Gasteiger partial charge in [-0.15, -0.1) is 0 Å². The van der Waals surface area contributed by atoms with Crippen molar-refractivity contribution in [2.45, 2.75) is 13.3 Å². The second-order valence-corrected chi connectivity index (χ2v) is 2.98. The standard InChI is InChI=1S/C10H11F2NO4/c1-3-17-10(15)7-5(8(11)12)4-6(14)9(13-7)16-2/h4,8,14H,3H2,1-2H3. The summed E-state index contributed by atoms with van der Waals surface area (Å²) in [5, 5.41) is 9.30. The lowest BCUT2D eigenvalue weighted by molar-refractivity contribution is 0.0506. The number of carbonyl (C=O) groups is 1. The molecule has 0 saturated heterocycles. The van der Waals surface area contributed by atoms with Gasteiger partial charge in [0.1, 0.15) is 0 Å². The van der Waals surface area contributed by atoms with E-state index in [1.54, 1.807) is 0 Å². The molecule has 0 atom stereocenters. The lowest BCUT2D eigenvalue weighted by Crippen LogP contribution is -2.11. The predicted molar refractivity (Wildman–Crippen MR) is 53.4 cm³/mol. The molecule has 0 saturated carbocycles. The van der Waals surface area contributed by atoms with E-state index in [9.17, 15) is 18.7 Å². The predicted octanol–water partition coefficient (Wildman–Crippen LogP) is 1.91. The Kier molecular flexibility index (Phi) is 4.19. The second kappa shape index (κ2) is 5.42. The number of hydrogen-bond donors (Lipinski definition) is 1. The maximum Gasteiger partial charge on any atom is 0.357 e. The van der Waals surface area contributed by atoms with Crippen molar-refractivity contribution < 1.29 is 28.2 Å². The van der Waals surface area contributed by atoms with Crippen LogP contribution >= 0.6 is 0 Å². The molecule has 0 aliphatic carbocycles. The molecule has 1 rings (SSSR count). The van der Waals surface area contributed by atoms with Crippen molar-refractivity contribution in [2.24, 2.45) is 0 Å². The Hall–Kier alpha value is -1.92. The van der Waals surface area contributed by atoms with Crippen LogP contribution in [0.15, 0.2) is 6.07 Å². The summed E-state index contributed by atoms with van der Waals surface area (Å²) < 4.78 is 34.5. The van der Waals surface area contributed by atoms with Gasteiger partial charge in [-0.25, -0.2) is 18.6 Å². The molecule has 0 fully saturated rings. The van der Waals surface area contributed by atoms with Gasteiger partial charge in [-0.05, 0) is 13.0 Å². The van der Waals surface area contributed by atoms with E-state index in [4.69, 9.17) is 0 Å². The summed E-state index contributed by atoms with van der Waals surface area (Å²) in [7, 11) is 1.19. The topological polar surface area (TPSA) is 68.7 Å². The minimum absolute atomic E-state index is 0.0341. The molecule has 1 N–H and O–H groups in total. The number of aromatic hydroxyl groups is 1. The van der Waals surface area contributed by atoms with Crippen LogP contribution in [-0.4, -0.2) is 29.8 Å². The van der Waals surface area contributed by atoms with Gasteiger partial charge in [-0.2, -0.15) is 0 Å². The second-order valence-electron chi connectivity index (χ2n) is 2.98. The maximum atomic E-state index is 12.6. The van der Waals surface area contributed by atoms with E-state index in [2.05, 4.69) is 14.5 Å².